The molecule has 8 nitrogen and oxygen atoms in total. The molecule has 0 fully saturated rings. The van der Waals surface area contributed by atoms with E-state index in [1.807, 2.05) is 37.3 Å². The van der Waals surface area contributed by atoms with Gasteiger partial charge in [-0.1, -0.05) is 54.1 Å². The average molecular weight is 441 g/mol. The number of para-hydroxylation sites is 1. The van der Waals surface area contributed by atoms with Gasteiger partial charge in [0.2, 0.25) is 0 Å². The number of ether oxygens (including phenoxy) is 1. The van der Waals surface area contributed by atoms with Crippen LogP contribution in [-0.4, -0.2) is 28.4 Å². The van der Waals surface area contributed by atoms with E-state index in [-0.39, 0.29) is 11.4 Å². The Balaban J connectivity index is 1.54. The van der Waals surface area contributed by atoms with Gasteiger partial charge in [-0.3, -0.25) is 14.9 Å². The van der Waals surface area contributed by atoms with E-state index in [9.17, 15) is 19.7 Å². The van der Waals surface area contributed by atoms with Gasteiger partial charge >= 0.3 is 5.97 Å². The van der Waals surface area contributed by atoms with E-state index in [4.69, 9.17) is 4.74 Å². The maximum absolute atomic E-state index is 12.9. The molecule has 33 heavy (non-hydrogen) atoms. The number of rotatable bonds is 6. The van der Waals surface area contributed by atoms with Crippen molar-refractivity contribution in [2.45, 2.75) is 6.92 Å². The Morgan fingerprint density at radius 1 is 1.00 bits per heavy atom. The number of carbonyl (C=O) groups is 2. The molecule has 164 valence electrons. The lowest BCUT2D eigenvalue weighted by Gasteiger charge is -2.11. The molecule has 0 saturated carbocycles. The molecule has 3 aromatic carbocycles. The van der Waals surface area contributed by atoms with Crippen LogP contribution in [0.3, 0.4) is 0 Å². The third-order valence-electron chi connectivity index (χ3n) is 4.96. The molecule has 0 aliphatic heterocycles. The summed E-state index contributed by atoms with van der Waals surface area (Å²) >= 11 is 0. The van der Waals surface area contributed by atoms with Crippen molar-refractivity contribution < 1.29 is 19.2 Å². The van der Waals surface area contributed by atoms with Gasteiger partial charge in [0.05, 0.1) is 21.7 Å². The number of benzene rings is 3. The zero-order valence-electron chi connectivity index (χ0n) is 17.6. The van der Waals surface area contributed by atoms with Crippen LogP contribution in [0.2, 0.25) is 0 Å². The number of pyridine rings is 1. The van der Waals surface area contributed by atoms with Gasteiger partial charge in [0.15, 0.2) is 6.61 Å². The van der Waals surface area contributed by atoms with Gasteiger partial charge in [0.25, 0.3) is 11.6 Å². The molecule has 0 saturated heterocycles. The number of nitro benzene ring substituents is 1. The molecule has 0 aliphatic rings. The fourth-order valence-corrected chi connectivity index (χ4v) is 3.32. The van der Waals surface area contributed by atoms with Gasteiger partial charge in [-0.2, -0.15) is 0 Å². The van der Waals surface area contributed by atoms with Gasteiger partial charge in [0, 0.05) is 28.8 Å². The number of fused-ring (bicyclic) bond motifs is 1. The zero-order valence-corrected chi connectivity index (χ0v) is 17.6. The summed E-state index contributed by atoms with van der Waals surface area (Å²) in [5.74, 6) is -1.28. The van der Waals surface area contributed by atoms with Crippen LogP contribution >= 0.6 is 0 Å². The van der Waals surface area contributed by atoms with Crippen molar-refractivity contribution in [1.29, 1.82) is 0 Å². The summed E-state index contributed by atoms with van der Waals surface area (Å²) in [6.07, 6.45) is 0. The molecule has 0 spiro atoms. The lowest BCUT2D eigenvalue weighted by molar-refractivity contribution is -0.384. The third-order valence-corrected chi connectivity index (χ3v) is 4.96. The summed E-state index contributed by atoms with van der Waals surface area (Å²) in [4.78, 5) is 40.1. The van der Waals surface area contributed by atoms with Crippen LogP contribution in [0.4, 0.5) is 11.4 Å². The smallest absolute Gasteiger partial charge is 0.339 e. The second-order valence-corrected chi connectivity index (χ2v) is 7.37. The van der Waals surface area contributed by atoms with Crippen LogP contribution in [0.5, 0.6) is 0 Å². The summed E-state index contributed by atoms with van der Waals surface area (Å²) in [5.41, 5.74) is 3.57. The first-order valence-corrected chi connectivity index (χ1v) is 10.1. The predicted molar refractivity (Wildman–Crippen MR) is 124 cm³/mol. The molecule has 0 unspecified atom stereocenters. The first kappa shape index (κ1) is 21.6. The Bertz CT molecular complexity index is 1370. The minimum absolute atomic E-state index is 0.156. The van der Waals surface area contributed by atoms with Crippen molar-refractivity contribution in [3.63, 3.8) is 0 Å². The Morgan fingerprint density at radius 3 is 2.52 bits per heavy atom. The molecular weight excluding hydrogens is 422 g/mol. The molecule has 1 N–H and O–H groups in total. The molecule has 1 amide bonds. The lowest BCUT2D eigenvalue weighted by Crippen LogP contribution is -2.21. The van der Waals surface area contributed by atoms with Crippen LogP contribution in [0.25, 0.3) is 22.2 Å². The second kappa shape index (κ2) is 9.27. The minimum Gasteiger partial charge on any atom is -0.452 e. The van der Waals surface area contributed by atoms with Gasteiger partial charge in [0.1, 0.15) is 0 Å². The standard InChI is InChI=1S/C25H19N3O5/c1-16-9-11-17(12-10-16)23-14-21(20-7-2-3-8-22(20)27-23)25(30)33-15-24(29)26-18-5-4-6-19(13-18)28(31)32/h2-14H,15H2,1H3,(H,26,29). The molecule has 8 heteroatoms. The monoisotopic (exact) mass is 441 g/mol. The van der Waals surface area contributed by atoms with Crippen LogP contribution < -0.4 is 5.32 Å². The van der Waals surface area contributed by atoms with E-state index in [0.717, 1.165) is 11.1 Å². The average Bonchev–Trinajstić information content (AvgIpc) is 2.82. The van der Waals surface area contributed by atoms with Crippen molar-refractivity contribution in [2.24, 2.45) is 0 Å². The zero-order chi connectivity index (χ0) is 23.4. The highest BCUT2D eigenvalue weighted by atomic mass is 16.6. The topological polar surface area (TPSA) is 111 Å². The number of nitrogens with zero attached hydrogens (tertiary/aromatic N) is 2. The molecule has 1 aromatic heterocycles. The predicted octanol–water partition coefficient (Wildman–Crippen LogP) is 4.91. The fraction of sp³-hybridized carbons (Fsp3) is 0.0800. The summed E-state index contributed by atoms with van der Waals surface area (Å²) < 4.78 is 5.25. The van der Waals surface area contributed by atoms with Gasteiger partial charge < -0.3 is 10.1 Å². The van der Waals surface area contributed by atoms with Crippen molar-refractivity contribution in [3.8, 4) is 11.3 Å². The van der Waals surface area contributed by atoms with Crippen molar-refractivity contribution in [2.75, 3.05) is 11.9 Å². The van der Waals surface area contributed by atoms with Crippen molar-refractivity contribution in [3.05, 3.63) is 100 Å². The molecule has 0 atom stereocenters. The third kappa shape index (κ3) is 5.01. The molecule has 0 bridgehead atoms. The number of anilines is 1. The fourth-order valence-electron chi connectivity index (χ4n) is 3.32. The summed E-state index contributed by atoms with van der Waals surface area (Å²) in [7, 11) is 0. The number of hydrogen-bond donors (Lipinski definition) is 1. The number of non-ortho nitro benzene ring substituents is 1. The number of aryl methyl sites for hydroxylation is 1. The van der Waals surface area contributed by atoms with Crippen LogP contribution in [0.1, 0.15) is 15.9 Å². The highest BCUT2D eigenvalue weighted by Crippen LogP contribution is 2.26. The Kier molecular flexibility index (Phi) is 6.08. The molecule has 4 rings (SSSR count). The second-order valence-electron chi connectivity index (χ2n) is 7.37. The highest BCUT2D eigenvalue weighted by Gasteiger charge is 2.17. The number of amides is 1. The Morgan fingerprint density at radius 2 is 1.76 bits per heavy atom. The van der Waals surface area contributed by atoms with Crippen LogP contribution in [0, 0.1) is 17.0 Å². The maximum atomic E-state index is 12.9. The van der Waals surface area contributed by atoms with E-state index in [1.54, 1.807) is 24.3 Å². The quantitative estimate of drug-likeness (QED) is 0.258. The molecule has 0 aliphatic carbocycles. The minimum atomic E-state index is -0.670. The van der Waals surface area contributed by atoms with Crippen LogP contribution in [-0.2, 0) is 9.53 Å². The number of nitrogens with one attached hydrogen (secondary N) is 1. The molecule has 1 heterocycles. The summed E-state index contributed by atoms with van der Waals surface area (Å²) in [6, 6.07) is 22.1. The van der Waals surface area contributed by atoms with E-state index in [0.29, 0.717) is 22.2 Å². The number of nitro groups is 1. The molecular formula is C25H19N3O5. The van der Waals surface area contributed by atoms with Gasteiger partial charge in [-0.05, 0) is 25.1 Å². The van der Waals surface area contributed by atoms with E-state index in [1.165, 1.54) is 24.3 Å². The van der Waals surface area contributed by atoms with E-state index in [2.05, 4.69) is 10.3 Å². The SMILES string of the molecule is Cc1ccc(-c2cc(C(=O)OCC(=O)Nc3cccc([N+](=O)[O-])c3)c3ccccc3n2)cc1. The van der Waals surface area contributed by atoms with E-state index < -0.39 is 23.4 Å². The van der Waals surface area contributed by atoms with Crippen molar-refractivity contribution >= 4 is 34.2 Å². The van der Waals surface area contributed by atoms with E-state index >= 15 is 0 Å². The van der Waals surface area contributed by atoms with Crippen molar-refractivity contribution in [1.82, 2.24) is 4.98 Å². The number of carbonyl (C=O) groups excluding carboxylic acids is 2. The van der Waals surface area contributed by atoms with Crippen LogP contribution in [0.15, 0.2) is 78.9 Å². The van der Waals surface area contributed by atoms with Gasteiger partial charge in [-0.15, -0.1) is 0 Å². The largest absolute Gasteiger partial charge is 0.452 e. The molecule has 4 aromatic rings. The summed E-state index contributed by atoms with van der Waals surface area (Å²) in [5, 5.41) is 14.0. The Hall–Kier alpha value is -4.59. The first-order chi connectivity index (χ1) is 15.9. The normalized spacial score (nSPS) is 10.6. The molecule has 0 radical (unpaired) electrons. The summed E-state index contributed by atoms with van der Waals surface area (Å²) in [6.45, 7) is 1.44. The maximum Gasteiger partial charge on any atom is 0.339 e. The number of esters is 1. The lowest BCUT2D eigenvalue weighted by atomic mass is 10.0. The highest BCUT2D eigenvalue weighted by molar-refractivity contribution is 6.05. The first-order valence-electron chi connectivity index (χ1n) is 10.1. The van der Waals surface area contributed by atoms with Gasteiger partial charge in [-0.25, -0.2) is 9.78 Å². The Labute approximate surface area is 189 Å². The number of aromatic nitrogens is 1. The number of hydrogen-bond acceptors (Lipinski definition) is 6.